The van der Waals surface area contributed by atoms with Gasteiger partial charge in [-0.15, -0.1) is 0 Å². The Kier molecular flexibility index (Phi) is 3.84. The largest absolute Gasteiger partial charge is 0.478 e. The number of hydrogen-bond donors (Lipinski definition) is 0. The van der Waals surface area contributed by atoms with Crippen LogP contribution in [0.25, 0.3) is 11.3 Å². The summed E-state index contributed by atoms with van der Waals surface area (Å²) in [5.41, 5.74) is 0.998. The van der Waals surface area contributed by atoms with Crippen LogP contribution < -0.4 is 0 Å². The lowest BCUT2D eigenvalue weighted by atomic mass is 9.93. The van der Waals surface area contributed by atoms with Gasteiger partial charge in [0.2, 0.25) is 5.78 Å². The first-order valence-corrected chi connectivity index (χ1v) is 9.43. The predicted molar refractivity (Wildman–Crippen MR) is 93.0 cm³/mol. The molecule has 0 aliphatic carbocycles. The van der Waals surface area contributed by atoms with Crippen molar-refractivity contribution in [3.63, 3.8) is 0 Å². The topological polar surface area (TPSA) is 60.4 Å². The molecule has 24 heavy (non-hydrogen) atoms. The second-order valence-corrected chi connectivity index (χ2v) is 8.32. The fraction of sp³-hybridized carbons (Fsp3) is 0.211. The van der Waals surface area contributed by atoms with Crippen molar-refractivity contribution in [2.75, 3.05) is 6.26 Å². The van der Waals surface area contributed by atoms with Crippen molar-refractivity contribution in [3.05, 3.63) is 65.7 Å². The Morgan fingerprint density at radius 3 is 2.00 bits per heavy atom. The summed E-state index contributed by atoms with van der Waals surface area (Å²) >= 11 is 0. The first-order chi connectivity index (χ1) is 11.2. The molecule has 0 saturated carbocycles. The van der Waals surface area contributed by atoms with Crippen molar-refractivity contribution < 1.29 is 17.9 Å². The lowest BCUT2D eigenvalue weighted by Gasteiger charge is -2.17. The Morgan fingerprint density at radius 2 is 1.46 bits per heavy atom. The molecule has 0 amide bonds. The second kappa shape index (κ2) is 5.60. The number of rotatable bonds is 3. The highest BCUT2D eigenvalue weighted by molar-refractivity contribution is 7.90. The van der Waals surface area contributed by atoms with Gasteiger partial charge < -0.3 is 4.74 Å². The van der Waals surface area contributed by atoms with Crippen LogP contribution in [0, 0.1) is 0 Å². The summed E-state index contributed by atoms with van der Waals surface area (Å²) in [6, 6.07) is 15.8. The standard InChI is InChI=1S/C19H18O4S/c1-19(2)18(20)16(17(23-19)14-7-5-4-6-8-14)13-9-11-15(12-10-13)24(3,21)22/h4-12H,1-3H3. The molecule has 3 rings (SSSR count). The molecule has 0 bridgehead atoms. The van der Waals surface area contributed by atoms with Crippen LogP contribution in [-0.2, 0) is 19.4 Å². The number of hydrogen-bond acceptors (Lipinski definition) is 4. The molecule has 5 heteroatoms. The molecule has 0 N–H and O–H groups in total. The Balaban J connectivity index is 2.16. The first kappa shape index (κ1) is 16.5. The summed E-state index contributed by atoms with van der Waals surface area (Å²) in [7, 11) is -3.28. The van der Waals surface area contributed by atoms with Gasteiger partial charge >= 0.3 is 0 Å². The van der Waals surface area contributed by atoms with Crippen LogP contribution in [0.2, 0.25) is 0 Å². The number of carbonyl (C=O) groups excluding carboxylic acids is 1. The first-order valence-electron chi connectivity index (χ1n) is 7.54. The fourth-order valence-electron chi connectivity index (χ4n) is 2.68. The number of sulfone groups is 1. The summed E-state index contributed by atoms with van der Waals surface area (Å²) in [6.07, 6.45) is 1.16. The van der Waals surface area contributed by atoms with Gasteiger partial charge in [-0.2, -0.15) is 0 Å². The summed E-state index contributed by atoms with van der Waals surface area (Å²) in [6.45, 7) is 3.46. The molecule has 4 nitrogen and oxygen atoms in total. The smallest absolute Gasteiger partial charge is 0.210 e. The Bertz CT molecular complexity index is 921. The molecule has 0 atom stereocenters. The minimum absolute atomic E-state index is 0.117. The molecule has 1 aliphatic heterocycles. The van der Waals surface area contributed by atoms with Gasteiger partial charge in [-0.3, -0.25) is 4.79 Å². The van der Waals surface area contributed by atoms with E-state index in [0.29, 0.717) is 16.9 Å². The van der Waals surface area contributed by atoms with Crippen molar-refractivity contribution >= 4 is 27.0 Å². The molecule has 0 saturated heterocycles. The molecule has 0 fully saturated rings. The molecule has 1 aliphatic rings. The number of Topliss-reactive ketones (excluding diaryl/α,β-unsaturated/α-hetero) is 1. The normalized spacial score (nSPS) is 17.0. The van der Waals surface area contributed by atoms with Crippen molar-refractivity contribution in [1.82, 2.24) is 0 Å². The highest BCUT2D eigenvalue weighted by Gasteiger charge is 2.42. The number of ketones is 1. The fourth-order valence-corrected chi connectivity index (χ4v) is 3.31. The van der Waals surface area contributed by atoms with E-state index in [4.69, 9.17) is 4.74 Å². The molecule has 124 valence electrons. The lowest BCUT2D eigenvalue weighted by molar-refractivity contribution is -0.125. The highest BCUT2D eigenvalue weighted by atomic mass is 32.2. The third-order valence-corrected chi connectivity index (χ3v) is 5.09. The van der Waals surface area contributed by atoms with E-state index in [1.165, 1.54) is 12.1 Å². The molecule has 2 aromatic carbocycles. The summed E-state index contributed by atoms with van der Waals surface area (Å²) in [4.78, 5) is 13.0. The number of carbonyl (C=O) groups is 1. The zero-order chi connectivity index (χ0) is 17.5. The number of benzene rings is 2. The van der Waals surface area contributed by atoms with E-state index in [1.54, 1.807) is 26.0 Å². The molecule has 0 radical (unpaired) electrons. The van der Waals surface area contributed by atoms with Crippen molar-refractivity contribution in [2.45, 2.75) is 24.3 Å². The summed E-state index contributed by atoms with van der Waals surface area (Å²) in [5.74, 6) is 0.408. The Morgan fingerprint density at radius 1 is 0.875 bits per heavy atom. The maximum absolute atomic E-state index is 12.8. The monoisotopic (exact) mass is 342 g/mol. The van der Waals surface area contributed by atoms with Crippen molar-refractivity contribution in [1.29, 1.82) is 0 Å². The second-order valence-electron chi connectivity index (χ2n) is 6.31. The molecule has 0 aromatic heterocycles. The highest BCUT2D eigenvalue weighted by Crippen LogP contribution is 2.41. The van der Waals surface area contributed by atoms with E-state index < -0.39 is 15.4 Å². The van der Waals surface area contributed by atoms with Gasteiger partial charge in [0, 0.05) is 11.8 Å². The Labute approximate surface area is 141 Å². The van der Waals surface area contributed by atoms with Crippen LogP contribution in [0.4, 0.5) is 0 Å². The predicted octanol–water partition coefficient (Wildman–Crippen LogP) is 3.34. The molecule has 0 spiro atoms. The van der Waals surface area contributed by atoms with Crippen molar-refractivity contribution in [3.8, 4) is 0 Å². The minimum atomic E-state index is -3.28. The number of ether oxygens (including phenoxy) is 1. The molecule has 2 aromatic rings. The molecular weight excluding hydrogens is 324 g/mol. The molecule has 0 unspecified atom stereocenters. The third-order valence-electron chi connectivity index (χ3n) is 3.97. The Hall–Kier alpha value is -2.40. The van der Waals surface area contributed by atoms with Gasteiger partial charge in [0.15, 0.2) is 15.4 Å². The average molecular weight is 342 g/mol. The van der Waals surface area contributed by atoms with E-state index >= 15 is 0 Å². The SMILES string of the molecule is CC1(C)OC(c2ccccc2)=C(c2ccc(S(C)(=O)=O)cc2)C1=O. The van der Waals surface area contributed by atoms with E-state index in [-0.39, 0.29) is 10.7 Å². The van der Waals surface area contributed by atoms with Gasteiger partial charge in [0.05, 0.1) is 10.5 Å². The quantitative estimate of drug-likeness (QED) is 0.858. The van der Waals surface area contributed by atoms with Gasteiger partial charge in [0.25, 0.3) is 0 Å². The zero-order valence-electron chi connectivity index (χ0n) is 13.7. The van der Waals surface area contributed by atoms with Crippen molar-refractivity contribution in [2.24, 2.45) is 0 Å². The van der Waals surface area contributed by atoms with Crippen LogP contribution in [0.3, 0.4) is 0 Å². The van der Waals surface area contributed by atoms with Crippen LogP contribution in [0.1, 0.15) is 25.0 Å². The van der Waals surface area contributed by atoms with Crippen LogP contribution >= 0.6 is 0 Å². The lowest BCUT2D eigenvalue weighted by Crippen LogP contribution is -2.29. The van der Waals surface area contributed by atoms with Crippen LogP contribution in [-0.4, -0.2) is 26.1 Å². The van der Waals surface area contributed by atoms with Gasteiger partial charge in [-0.05, 0) is 31.5 Å². The van der Waals surface area contributed by atoms with Gasteiger partial charge in [0.1, 0.15) is 5.76 Å². The van der Waals surface area contributed by atoms with Gasteiger partial charge in [-0.1, -0.05) is 42.5 Å². The molecule has 1 heterocycles. The average Bonchev–Trinajstić information content (AvgIpc) is 2.78. The maximum atomic E-state index is 12.8. The van der Waals surface area contributed by atoms with E-state index in [1.807, 2.05) is 30.3 Å². The summed E-state index contributed by atoms with van der Waals surface area (Å²) in [5, 5.41) is 0. The third kappa shape index (κ3) is 2.87. The zero-order valence-corrected chi connectivity index (χ0v) is 14.6. The molecular formula is C19H18O4S. The van der Waals surface area contributed by atoms with Crippen LogP contribution in [0.15, 0.2) is 59.5 Å². The van der Waals surface area contributed by atoms with E-state index in [0.717, 1.165) is 11.8 Å². The summed E-state index contributed by atoms with van der Waals surface area (Å²) < 4.78 is 29.2. The van der Waals surface area contributed by atoms with E-state index in [9.17, 15) is 13.2 Å². The van der Waals surface area contributed by atoms with Crippen LogP contribution in [0.5, 0.6) is 0 Å². The van der Waals surface area contributed by atoms with Gasteiger partial charge in [-0.25, -0.2) is 8.42 Å². The van der Waals surface area contributed by atoms with E-state index in [2.05, 4.69) is 0 Å². The maximum Gasteiger partial charge on any atom is 0.210 e. The minimum Gasteiger partial charge on any atom is -0.478 e.